The Morgan fingerprint density at radius 2 is 1.70 bits per heavy atom. The van der Waals surface area contributed by atoms with Crippen LogP contribution in [0.3, 0.4) is 0 Å². The van der Waals surface area contributed by atoms with E-state index in [-0.39, 0.29) is 24.1 Å². The summed E-state index contributed by atoms with van der Waals surface area (Å²) < 4.78 is 0. The highest BCUT2D eigenvalue weighted by Gasteiger charge is 2.38. The van der Waals surface area contributed by atoms with Gasteiger partial charge in [0.2, 0.25) is 17.7 Å². The molecular weight excluding hydrogens is 350 g/mol. The monoisotopic (exact) mass is 373 g/mol. The minimum Gasteiger partial charge on any atom is -0.481 e. The van der Waals surface area contributed by atoms with Crippen LogP contribution in [0.1, 0.15) is 26.2 Å². The number of carboxylic acid groups (broad SMARTS) is 1. The van der Waals surface area contributed by atoms with Crippen LogP contribution in [-0.4, -0.2) is 53.3 Å². The fraction of sp³-hybridized carbons (Fsp3) is 0.474. The van der Waals surface area contributed by atoms with Gasteiger partial charge in [-0.15, -0.1) is 0 Å². The maximum absolute atomic E-state index is 12.7. The van der Waals surface area contributed by atoms with E-state index < -0.39 is 17.8 Å². The number of nitrogens with zero attached hydrogens (tertiary/aromatic N) is 2. The summed E-state index contributed by atoms with van der Waals surface area (Å²) >= 11 is 0. The van der Waals surface area contributed by atoms with Crippen molar-refractivity contribution in [2.75, 3.05) is 29.9 Å². The minimum absolute atomic E-state index is 0.0791. The summed E-state index contributed by atoms with van der Waals surface area (Å²) in [6, 6.07) is 6.93. The highest BCUT2D eigenvalue weighted by atomic mass is 16.4. The molecule has 1 atom stereocenters. The summed E-state index contributed by atoms with van der Waals surface area (Å²) in [5.41, 5.74) is 1.33. The zero-order chi connectivity index (χ0) is 19.6. The van der Waals surface area contributed by atoms with E-state index >= 15 is 0 Å². The van der Waals surface area contributed by atoms with Crippen molar-refractivity contribution in [2.24, 2.45) is 11.8 Å². The van der Waals surface area contributed by atoms with Gasteiger partial charge in [0.15, 0.2) is 0 Å². The van der Waals surface area contributed by atoms with Crippen molar-refractivity contribution < 1.29 is 24.3 Å². The second kappa shape index (κ2) is 7.77. The van der Waals surface area contributed by atoms with Crippen molar-refractivity contribution in [3.05, 3.63) is 24.3 Å². The van der Waals surface area contributed by atoms with Crippen LogP contribution in [0, 0.1) is 11.8 Å². The Hall–Kier alpha value is -2.90. The van der Waals surface area contributed by atoms with Crippen molar-refractivity contribution in [1.29, 1.82) is 0 Å². The van der Waals surface area contributed by atoms with Gasteiger partial charge in [-0.1, -0.05) is 0 Å². The Balaban J connectivity index is 1.61. The molecule has 0 aliphatic carbocycles. The van der Waals surface area contributed by atoms with E-state index in [9.17, 15) is 19.2 Å². The zero-order valence-corrected chi connectivity index (χ0v) is 15.2. The molecule has 0 radical (unpaired) electrons. The Kier molecular flexibility index (Phi) is 5.43. The summed E-state index contributed by atoms with van der Waals surface area (Å²) in [5, 5.41) is 11.7. The number of nitrogens with one attached hydrogen (secondary N) is 1. The van der Waals surface area contributed by atoms with E-state index in [0.717, 1.165) is 0 Å². The van der Waals surface area contributed by atoms with E-state index in [1.807, 2.05) is 0 Å². The molecule has 2 saturated heterocycles. The summed E-state index contributed by atoms with van der Waals surface area (Å²) in [6.45, 7) is 2.58. The lowest BCUT2D eigenvalue weighted by Gasteiger charge is -2.31. The Bertz CT molecular complexity index is 753. The number of aliphatic carboxylic acids is 1. The van der Waals surface area contributed by atoms with Crippen molar-refractivity contribution in [3.8, 4) is 0 Å². The lowest BCUT2D eigenvalue weighted by atomic mass is 9.95. The first-order valence-corrected chi connectivity index (χ1v) is 9.04. The summed E-state index contributed by atoms with van der Waals surface area (Å²) in [7, 11) is 0. The van der Waals surface area contributed by atoms with Gasteiger partial charge in [0.05, 0.1) is 11.8 Å². The SMILES string of the molecule is CC(=O)Nc1ccc(N2C[C@@H](C(=O)N3CCC(C(=O)O)CC3)CC2=O)cc1. The smallest absolute Gasteiger partial charge is 0.306 e. The number of rotatable bonds is 4. The van der Waals surface area contributed by atoms with Gasteiger partial charge in [0, 0.05) is 44.4 Å². The van der Waals surface area contributed by atoms with E-state index in [4.69, 9.17) is 5.11 Å². The van der Waals surface area contributed by atoms with E-state index in [1.165, 1.54) is 6.92 Å². The van der Waals surface area contributed by atoms with Gasteiger partial charge in [-0.05, 0) is 37.1 Å². The van der Waals surface area contributed by atoms with Gasteiger partial charge in [-0.25, -0.2) is 0 Å². The molecule has 27 heavy (non-hydrogen) atoms. The van der Waals surface area contributed by atoms with Gasteiger partial charge in [-0.2, -0.15) is 0 Å². The molecule has 2 heterocycles. The molecule has 2 fully saturated rings. The van der Waals surface area contributed by atoms with Crippen LogP contribution in [-0.2, 0) is 19.2 Å². The molecule has 0 unspecified atom stereocenters. The van der Waals surface area contributed by atoms with Crippen molar-refractivity contribution in [3.63, 3.8) is 0 Å². The molecule has 1 aromatic carbocycles. The van der Waals surface area contributed by atoms with Crippen LogP contribution < -0.4 is 10.2 Å². The Labute approximate surface area is 157 Å². The van der Waals surface area contributed by atoms with Gasteiger partial charge in [0.1, 0.15) is 0 Å². The lowest BCUT2D eigenvalue weighted by molar-refractivity contribution is -0.146. The predicted molar refractivity (Wildman–Crippen MR) is 98.1 cm³/mol. The molecule has 8 heteroatoms. The first-order chi connectivity index (χ1) is 12.8. The number of amides is 3. The molecule has 3 rings (SSSR count). The molecule has 2 aliphatic rings. The molecule has 0 aromatic heterocycles. The number of carbonyl (C=O) groups is 4. The van der Waals surface area contributed by atoms with Crippen LogP contribution in [0.15, 0.2) is 24.3 Å². The first-order valence-electron chi connectivity index (χ1n) is 9.04. The standard InChI is InChI=1S/C19H23N3O5/c1-12(23)20-15-2-4-16(5-3-15)22-11-14(10-17(22)24)18(25)21-8-6-13(7-9-21)19(26)27/h2-5,13-14H,6-11H2,1H3,(H,20,23)(H,26,27)/t14-/m0/s1. The molecule has 0 spiro atoms. The summed E-state index contributed by atoms with van der Waals surface area (Å²) in [4.78, 5) is 50.5. The third-order valence-electron chi connectivity index (χ3n) is 5.13. The van der Waals surface area contributed by atoms with Crippen LogP contribution >= 0.6 is 0 Å². The van der Waals surface area contributed by atoms with Crippen LogP contribution in [0.2, 0.25) is 0 Å². The number of hydrogen-bond acceptors (Lipinski definition) is 4. The molecule has 3 amide bonds. The average molecular weight is 373 g/mol. The predicted octanol–water partition coefficient (Wildman–Crippen LogP) is 1.32. The minimum atomic E-state index is -0.813. The number of carbonyl (C=O) groups excluding carboxylic acids is 3. The van der Waals surface area contributed by atoms with Gasteiger partial charge >= 0.3 is 5.97 Å². The molecule has 0 bridgehead atoms. The number of carboxylic acids is 1. The molecule has 8 nitrogen and oxygen atoms in total. The van der Waals surface area contributed by atoms with Crippen molar-refractivity contribution in [2.45, 2.75) is 26.2 Å². The third kappa shape index (κ3) is 4.27. The largest absolute Gasteiger partial charge is 0.481 e. The lowest BCUT2D eigenvalue weighted by Crippen LogP contribution is -2.43. The molecule has 2 aliphatic heterocycles. The normalized spacial score (nSPS) is 20.6. The quantitative estimate of drug-likeness (QED) is 0.828. The molecule has 2 N–H and O–H groups in total. The highest BCUT2D eigenvalue weighted by molar-refractivity contribution is 6.00. The summed E-state index contributed by atoms with van der Waals surface area (Å²) in [6.07, 6.45) is 1.07. The number of benzene rings is 1. The van der Waals surface area contributed by atoms with E-state index in [0.29, 0.717) is 43.9 Å². The zero-order valence-electron chi connectivity index (χ0n) is 15.2. The van der Waals surface area contributed by atoms with E-state index in [1.54, 1.807) is 34.1 Å². The number of hydrogen-bond donors (Lipinski definition) is 2. The maximum atomic E-state index is 12.7. The van der Waals surface area contributed by atoms with Gasteiger partial charge in [-0.3, -0.25) is 19.2 Å². The molecular formula is C19H23N3O5. The number of anilines is 2. The van der Waals surface area contributed by atoms with Gasteiger partial charge < -0.3 is 20.2 Å². The second-order valence-corrected chi connectivity index (χ2v) is 7.07. The first kappa shape index (κ1) is 18.9. The number of piperidine rings is 1. The van der Waals surface area contributed by atoms with Crippen LogP contribution in [0.25, 0.3) is 0 Å². The van der Waals surface area contributed by atoms with Crippen LogP contribution in [0.4, 0.5) is 11.4 Å². The topological polar surface area (TPSA) is 107 Å². The maximum Gasteiger partial charge on any atom is 0.306 e. The fourth-order valence-corrected chi connectivity index (χ4v) is 3.66. The van der Waals surface area contributed by atoms with Crippen molar-refractivity contribution in [1.82, 2.24) is 4.90 Å². The van der Waals surface area contributed by atoms with Crippen molar-refractivity contribution >= 4 is 35.1 Å². The average Bonchev–Trinajstić information content (AvgIpc) is 3.03. The van der Waals surface area contributed by atoms with Gasteiger partial charge in [0.25, 0.3) is 0 Å². The highest BCUT2D eigenvalue weighted by Crippen LogP contribution is 2.28. The van der Waals surface area contributed by atoms with Crippen LogP contribution in [0.5, 0.6) is 0 Å². The second-order valence-electron chi connectivity index (χ2n) is 7.07. The molecule has 144 valence electrons. The molecule has 1 aromatic rings. The molecule has 0 saturated carbocycles. The summed E-state index contributed by atoms with van der Waals surface area (Å²) in [5.74, 6) is -1.97. The Morgan fingerprint density at radius 1 is 1.07 bits per heavy atom. The van der Waals surface area contributed by atoms with E-state index in [2.05, 4.69) is 5.32 Å². The fourth-order valence-electron chi connectivity index (χ4n) is 3.66. The number of likely N-dealkylation sites (tertiary alicyclic amines) is 1. The Morgan fingerprint density at radius 3 is 2.26 bits per heavy atom. The third-order valence-corrected chi connectivity index (χ3v) is 5.13.